The number of ether oxygens (including phenoxy) is 1. The van der Waals surface area contributed by atoms with E-state index in [-0.39, 0.29) is 25.5 Å². The van der Waals surface area contributed by atoms with Gasteiger partial charge < -0.3 is 19.8 Å². The molecule has 0 aromatic carbocycles. The van der Waals surface area contributed by atoms with Gasteiger partial charge >= 0.3 is 5.97 Å². The molecule has 1 rings (SSSR count). The molecule has 2 atom stereocenters. The number of nitrogens with zero attached hydrogens (tertiary/aromatic N) is 1. The number of likely N-dealkylation sites (tertiary alicyclic amines) is 1. The largest absolute Gasteiger partial charge is 0.480 e. The third-order valence-electron chi connectivity index (χ3n) is 2.31. The number of carbonyl (C=O) groups is 2. The Labute approximate surface area is 87.4 Å². The van der Waals surface area contributed by atoms with Crippen LogP contribution in [0, 0.1) is 0 Å². The number of aliphatic hydroxyl groups is 1. The summed E-state index contributed by atoms with van der Waals surface area (Å²) >= 11 is 0. The summed E-state index contributed by atoms with van der Waals surface area (Å²) in [4.78, 5) is 23.4. The first-order chi connectivity index (χ1) is 7.06. The highest BCUT2D eigenvalue weighted by Crippen LogP contribution is 2.18. The van der Waals surface area contributed by atoms with Gasteiger partial charge in [-0.1, -0.05) is 0 Å². The molecule has 0 unspecified atom stereocenters. The third-order valence-corrected chi connectivity index (χ3v) is 2.31. The van der Waals surface area contributed by atoms with E-state index >= 15 is 0 Å². The van der Waals surface area contributed by atoms with Gasteiger partial charge in [-0.15, -0.1) is 0 Å². The number of aliphatic carboxylic acids is 1. The predicted molar refractivity (Wildman–Crippen MR) is 50.3 cm³/mol. The van der Waals surface area contributed by atoms with Gasteiger partial charge in [-0.2, -0.15) is 0 Å². The topological polar surface area (TPSA) is 87.1 Å². The van der Waals surface area contributed by atoms with Crippen molar-refractivity contribution < 1.29 is 24.5 Å². The van der Waals surface area contributed by atoms with E-state index in [0.29, 0.717) is 6.61 Å². The van der Waals surface area contributed by atoms with Crippen molar-refractivity contribution in [2.75, 3.05) is 19.8 Å². The number of amides is 1. The molecule has 1 aliphatic heterocycles. The fraction of sp³-hybridized carbons (Fsp3) is 0.778. The van der Waals surface area contributed by atoms with Crippen LogP contribution in [0.2, 0.25) is 0 Å². The number of carboxylic acid groups (broad SMARTS) is 1. The van der Waals surface area contributed by atoms with Gasteiger partial charge in [0.05, 0.1) is 6.10 Å². The van der Waals surface area contributed by atoms with Crippen molar-refractivity contribution in [2.24, 2.45) is 0 Å². The summed E-state index contributed by atoms with van der Waals surface area (Å²) in [6.45, 7) is 2.09. The molecular weight excluding hydrogens is 202 g/mol. The van der Waals surface area contributed by atoms with E-state index in [1.54, 1.807) is 6.92 Å². The van der Waals surface area contributed by atoms with Gasteiger partial charge in [0.2, 0.25) is 5.91 Å². The minimum atomic E-state index is -1.09. The van der Waals surface area contributed by atoms with Crippen LogP contribution in [0.5, 0.6) is 0 Å². The van der Waals surface area contributed by atoms with E-state index in [2.05, 4.69) is 0 Å². The summed E-state index contributed by atoms with van der Waals surface area (Å²) in [6.07, 6.45) is -0.663. The van der Waals surface area contributed by atoms with Crippen molar-refractivity contribution in [2.45, 2.75) is 25.5 Å². The molecule has 1 heterocycles. The number of carbonyl (C=O) groups excluding carboxylic acids is 1. The minimum absolute atomic E-state index is 0.0723. The maximum atomic E-state index is 11.5. The molecule has 2 N–H and O–H groups in total. The first-order valence-corrected chi connectivity index (χ1v) is 4.84. The Morgan fingerprint density at radius 1 is 1.53 bits per heavy atom. The highest BCUT2D eigenvalue weighted by atomic mass is 16.5. The van der Waals surface area contributed by atoms with Crippen LogP contribution in [-0.2, 0) is 14.3 Å². The number of hydrogen-bond acceptors (Lipinski definition) is 4. The lowest BCUT2D eigenvalue weighted by Crippen LogP contribution is -2.42. The molecule has 0 saturated carbocycles. The monoisotopic (exact) mass is 217 g/mol. The van der Waals surface area contributed by atoms with Gasteiger partial charge in [0.25, 0.3) is 0 Å². The zero-order chi connectivity index (χ0) is 11.4. The second-order valence-electron chi connectivity index (χ2n) is 3.43. The average Bonchev–Trinajstić information content (AvgIpc) is 2.57. The molecule has 1 fully saturated rings. The molecule has 6 nitrogen and oxygen atoms in total. The molecule has 1 saturated heterocycles. The molecular formula is C9H15NO5. The number of carboxylic acids is 1. The van der Waals surface area contributed by atoms with Crippen molar-refractivity contribution in [1.29, 1.82) is 0 Å². The molecule has 0 spiro atoms. The maximum Gasteiger partial charge on any atom is 0.326 e. The smallest absolute Gasteiger partial charge is 0.326 e. The number of aliphatic hydroxyl groups excluding tert-OH is 1. The number of hydrogen-bond donors (Lipinski definition) is 2. The van der Waals surface area contributed by atoms with Crippen LogP contribution in [0.15, 0.2) is 0 Å². The summed E-state index contributed by atoms with van der Waals surface area (Å²) in [5.41, 5.74) is 0. The van der Waals surface area contributed by atoms with Crippen molar-refractivity contribution in [3.05, 3.63) is 0 Å². The van der Waals surface area contributed by atoms with Crippen LogP contribution in [0.1, 0.15) is 13.3 Å². The van der Waals surface area contributed by atoms with Gasteiger partial charge in [-0.3, -0.25) is 4.79 Å². The summed E-state index contributed by atoms with van der Waals surface area (Å²) in [7, 11) is 0. The van der Waals surface area contributed by atoms with Crippen LogP contribution >= 0.6 is 0 Å². The first kappa shape index (κ1) is 11.9. The normalized spacial score (nSPS) is 25.6. The van der Waals surface area contributed by atoms with Gasteiger partial charge in [0.1, 0.15) is 12.6 Å². The molecule has 0 aliphatic carbocycles. The van der Waals surface area contributed by atoms with Crippen LogP contribution in [0.25, 0.3) is 0 Å². The Hall–Kier alpha value is -1.14. The Balaban J connectivity index is 2.58. The summed E-state index contributed by atoms with van der Waals surface area (Å²) in [6, 6.07) is -0.923. The van der Waals surface area contributed by atoms with Crippen LogP contribution in [0.3, 0.4) is 0 Å². The van der Waals surface area contributed by atoms with E-state index in [0.717, 1.165) is 4.90 Å². The standard InChI is InChI=1S/C9H15NO5/c1-2-15-5-8(12)10-4-6(11)3-7(10)9(13)14/h6-7,11H,2-5H2,1H3,(H,13,14)/t6-,7-/m1/s1. The van der Waals surface area contributed by atoms with Crippen molar-refractivity contribution in [3.8, 4) is 0 Å². The number of β-amino-alcohol motifs (C(OH)–C–C–N with tert-alkyl or cyclic N) is 1. The predicted octanol–water partition coefficient (Wildman–Crippen LogP) is -0.931. The lowest BCUT2D eigenvalue weighted by atomic mass is 10.2. The van der Waals surface area contributed by atoms with E-state index in [4.69, 9.17) is 9.84 Å². The van der Waals surface area contributed by atoms with Gasteiger partial charge in [0, 0.05) is 19.6 Å². The van der Waals surface area contributed by atoms with Crippen molar-refractivity contribution in [1.82, 2.24) is 4.90 Å². The van der Waals surface area contributed by atoms with Crippen LogP contribution in [-0.4, -0.2) is 58.9 Å². The maximum absolute atomic E-state index is 11.5. The van der Waals surface area contributed by atoms with Crippen molar-refractivity contribution in [3.63, 3.8) is 0 Å². The Morgan fingerprint density at radius 3 is 2.73 bits per heavy atom. The van der Waals surface area contributed by atoms with E-state index < -0.39 is 18.1 Å². The zero-order valence-electron chi connectivity index (χ0n) is 8.55. The Bertz CT molecular complexity index is 255. The molecule has 0 radical (unpaired) electrons. The first-order valence-electron chi connectivity index (χ1n) is 4.84. The fourth-order valence-electron chi connectivity index (χ4n) is 1.60. The molecule has 0 aromatic rings. The Kier molecular flexibility index (Phi) is 4.05. The fourth-order valence-corrected chi connectivity index (χ4v) is 1.60. The SMILES string of the molecule is CCOCC(=O)N1C[C@H](O)C[C@@H]1C(=O)O. The molecule has 15 heavy (non-hydrogen) atoms. The molecule has 1 aliphatic rings. The third kappa shape index (κ3) is 2.90. The molecule has 1 amide bonds. The van der Waals surface area contributed by atoms with Gasteiger partial charge in [-0.25, -0.2) is 4.79 Å². The average molecular weight is 217 g/mol. The summed E-state index contributed by atoms with van der Waals surface area (Å²) in [5, 5.41) is 18.1. The quantitative estimate of drug-likeness (QED) is 0.635. The highest BCUT2D eigenvalue weighted by molar-refractivity contribution is 5.85. The lowest BCUT2D eigenvalue weighted by Gasteiger charge is -2.20. The van der Waals surface area contributed by atoms with E-state index in [1.165, 1.54) is 0 Å². The van der Waals surface area contributed by atoms with E-state index in [9.17, 15) is 14.7 Å². The molecule has 6 heteroatoms. The summed E-state index contributed by atoms with van der Waals surface area (Å²) < 4.78 is 4.91. The number of rotatable bonds is 4. The Morgan fingerprint density at radius 2 is 2.20 bits per heavy atom. The second-order valence-corrected chi connectivity index (χ2v) is 3.43. The lowest BCUT2D eigenvalue weighted by molar-refractivity contribution is -0.150. The van der Waals surface area contributed by atoms with Crippen molar-refractivity contribution >= 4 is 11.9 Å². The molecule has 86 valence electrons. The zero-order valence-corrected chi connectivity index (χ0v) is 8.55. The van der Waals surface area contributed by atoms with Crippen LogP contribution in [0.4, 0.5) is 0 Å². The highest BCUT2D eigenvalue weighted by Gasteiger charge is 2.38. The minimum Gasteiger partial charge on any atom is -0.480 e. The van der Waals surface area contributed by atoms with Crippen LogP contribution < -0.4 is 0 Å². The molecule has 0 bridgehead atoms. The molecule has 0 aromatic heterocycles. The van der Waals surface area contributed by atoms with Gasteiger partial charge in [0.15, 0.2) is 0 Å². The second kappa shape index (κ2) is 5.09. The summed E-state index contributed by atoms with van der Waals surface area (Å²) in [5.74, 6) is -1.47. The van der Waals surface area contributed by atoms with Gasteiger partial charge in [-0.05, 0) is 6.92 Å². The van der Waals surface area contributed by atoms with E-state index in [1.807, 2.05) is 0 Å².